The Labute approximate surface area is 143 Å². The van der Waals surface area contributed by atoms with Crippen molar-refractivity contribution in [3.05, 3.63) is 60.2 Å². The highest BCUT2D eigenvalue weighted by atomic mass is 16.5. The molecule has 1 aliphatic rings. The SMILES string of the molecule is CC1CCN(C(=O)COc2ccccc2OCc2ccccc2)C1. The summed E-state index contributed by atoms with van der Waals surface area (Å²) in [4.78, 5) is 14.1. The predicted molar refractivity (Wildman–Crippen MR) is 93.1 cm³/mol. The zero-order chi connectivity index (χ0) is 16.8. The Kier molecular flexibility index (Phi) is 5.36. The first-order valence-electron chi connectivity index (χ1n) is 8.38. The molecule has 1 fully saturated rings. The van der Waals surface area contributed by atoms with Gasteiger partial charge in [-0.25, -0.2) is 0 Å². The first kappa shape index (κ1) is 16.4. The molecule has 1 heterocycles. The second-order valence-electron chi connectivity index (χ2n) is 6.24. The van der Waals surface area contributed by atoms with Crippen LogP contribution in [-0.4, -0.2) is 30.5 Å². The van der Waals surface area contributed by atoms with Crippen molar-refractivity contribution in [2.45, 2.75) is 20.0 Å². The van der Waals surface area contributed by atoms with E-state index in [9.17, 15) is 4.79 Å². The van der Waals surface area contributed by atoms with Crippen LogP contribution < -0.4 is 9.47 Å². The van der Waals surface area contributed by atoms with E-state index in [1.165, 1.54) is 0 Å². The molecule has 2 aromatic rings. The molecule has 4 heteroatoms. The summed E-state index contributed by atoms with van der Waals surface area (Å²) >= 11 is 0. The lowest BCUT2D eigenvalue weighted by molar-refractivity contribution is -0.132. The van der Waals surface area contributed by atoms with Crippen LogP contribution in [0.5, 0.6) is 11.5 Å². The number of nitrogens with zero attached hydrogens (tertiary/aromatic N) is 1. The van der Waals surface area contributed by atoms with Crippen LogP contribution in [0.25, 0.3) is 0 Å². The minimum absolute atomic E-state index is 0.0391. The molecule has 2 aromatic carbocycles. The van der Waals surface area contributed by atoms with E-state index in [0.29, 0.717) is 24.0 Å². The standard InChI is InChI=1S/C20H23NO3/c1-16-11-12-21(13-16)20(22)15-24-19-10-6-5-9-18(19)23-14-17-7-3-2-4-8-17/h2-10,16H,11-15H2,1H3. The minimum atomic E-state index is 0.0391. The van der Waals surface area contributed by atoms with Crippen LogP contribution in [0.15, 0.2) is 54.6 Å². The van der Waals surface area contributed by atoms with Crippen molar-refractivity contribution in [2.75, 3.05) is 19.7 Å². The van der Waals surface area contributed by atoms with Crippen LogP contribution in [0.1, 0.15) is 18.9 Å². The van der Waals surface area contributed by atoms with Crippen molar-refractivity contribution in [3.63, 3.8) is 0 Å². The fourth-order valence-corrected chi connectivity index (χ4v) is 2.82. The third kappa shape index (κ3) is 4.28. The quantitative estimate of drug-likeness (QED) is 0.816. The third-order valence-electron chi connectivity index (χ3n) is 4.21. The van der Waals surface area contributed by atoms with E-state index in [-0.39, 0.29) is 12.5 Å². The number of benzene rings is 2. The number of para-hydroxylation sites is 2. The van der Waals surface area contributed by atoms with Crippen molar-refractivity contribution in [3.8, 4) is 11.5 Å². The molecule has 1 amide bonds. The first-order valence-corrected chi connectivity index (χ1v) is 8.38. The summed E-state index contributed by atoms with van der Waals surface area (Å²) in [5.41, 5.74) is 1.09. The van der Waals surface area contributed by atoms with Gasteiger partial charge in [-0.3, -0.25) is 4.79 Å². The molecule has 1 saturated heterocycles. The smallest absolute Gasteiger partial charge is 0.260 e. The van der Waals surface area contributed by atoms with Crippen molar-refractivity contribution < 1.29 is 14.3 Å². The normalized spacial score (nSPS) is 16.9. The highest BCUT2D eigenvalue weighted by molar-refractivity contribution is 5.78. The van der Waals surface area contributed by atoms with Gasteiger partial charge >= 0.3 is 0 Å². The summed E-state index contributed by atoms with van der Waals surface area (Å²) in [6.07, 6.45) is 1.07. The number of ether oxygens (including phenoxy) is 2. The van der Waals surface area contributed by atoms with Gasteiger partial charge in [0.1, 0.15) is 6.61 Å². The van der Waals surface area contributed by atoms with Crippen molar-refractivity contribution in [2.24, 2.45) is 5.92 Å². The molecular weight excluding hydrogens is 302 g/mol. The highest BCUT2D eigenvalue weighted by Gasteiger charge is 2.23. The Hall–Kier alpha value is -2.49. The van der Waals surface area contributed by atoms with E-state index in [1.54, 1.807) is 0 Å². The molecular formula is C20H23NO3. The summed E-state index contributed by atoms with van der Waals surface area (Å²) in [7, 11) is 0. The zero-order valence-corrected chi connectivity index (χ0v) is 14.0. The van der Waals surface area contributed by atoms with Gasteiger partial charge in [0.15, 0.2) is 18.1 Å². The average Bonchev–Trinajstić information content (AvgIpc) is 3.06. The topological polar surface area (TPSA) is 38.8 Å². The summed E-state index contributed by atoms with van der Waals surface area (Å²) in [6.45, 7) is 4.35. The van der Waals surface area contributed by atoms with E-state index < -0.39 is 0 Å². The minimum Gasteiger partial charge on any atom is -0.485 e. The van der Waals surface area contributed by atoms with Crippen LogP contribution in [0, 0.1) is 5.92 Å². The van der Waals surface area contributed by atoms with E-state index in [2.05, 4.69) is 6.92 Å². The summed E-state index contributed by atoms with van der Waals surface area (Å²) in [5.74, 6) is 1.88. The Balaban J connectivity index is 1.56. The fourth-order valence-electron chi connectivity index (χ4n) is 2.82. The van der Waals surface area contributed by atoms with Gasteiger partial charge in [0.25, 0.3) is 5.91 Å². The number of hydrogen-bond acceptors (Lipinski definition) is 3. The second kappa shape index (κ2) is 7.86. The Bertz CT molecular complexity index is 672. The molecule has 24 heavy (non-hydrogen) atoms. The Morgan fingerprint density at radius 2 is 1.71 bits per heavy atom. The molecule has 126 valence electrons. The lowest BCUT2D eigenvalue weighted by atomic mass is 10.2. The van der Waals surface area contributed by atoms with Gasteiger partial charge in [0.2, 0.25) is 0 Å². The molecule has 4 nitrogen and oxygen atoms in total. The molecule has 0 bridgehead atoms. The van der Waals surface area contributed by atoms with E-state index in [1.807, 2.05) is 59.5 Å². The lowest BCUT2D eigenvalue weighted by Gasteiger charge is -2.17. The molecule has 0 aromatic heterocycles. The van der Waals surface area contributed by atoms with E-state index in [0.717, 1.165) is 25.1 Å². The van der Waals surface area contributed by atoms with Gasteiger partial charge in [-0.2, -0.15) is 0 Å². The fraction of sp³-hybridized carbons (Fsp3) is 0.350. The third-order valence-corrected chi connectivity index (χ3v) is 4.21. The average molecular weight is 325 g/mol. The molecule has 0 aliphatic carbocycles. The first-order chi connectivity index (χ1) is 11.7. The van der Waals surface area contributed by atoms with Gasteiger partial charge in [-0.1, -0.05) is 49.4 Å². The number of carbonyl (C=O) groups is 1. The van der Waals surface area contributed by atoms with E-state index >= 15 is 0 Å². The largest absolute Gasteiger partial charge is 0.485 e. The van der Waals surface area contributed by atoms with Crippen LogP contribution >= 0.6 is 0 Å². The van der Waals surface area contributed by atoms with Gasteiger partial charge < -0.3 is 14.4 Å². The van der Waals surface area contributed by atoms with E-state index in [4.69, 9.17) is 9.47 Å². The highest BCUT2D eigenvalue weighted by Crippen LogP contribution is 2.27. The summed E-state index contributed by atoms with van der Waals surface area (Å²) in [5, 5.41) is 0. The molecule has 0 saturated carbocycles. The maximum absolute atomic E-state index is 12.2. The second-order valence-corrected chi connectivity index (χ2v) is 6.24. The monoisotopic (exact) mass is 325 g/mol. The lowest BCUT2D eigenvalue weighted by Crippen LogP contribution is -2.32. The van der Waals surface area contributed by atoms with Crippen LogP contribution in [-0.2, 0) is 11.4 Å². The Morgan fingerprint density at radius 1 is 1.04 bits per heavy atom. The maximum atomic E-state index is 12.2. The van der Waals surface area contributed by atoms with Crippen LogP contribution in [0.3, 0.4) is 0 Å². The van der Waals surface area contributed by atoms with Crippen molar-refractivity contribution >= 4 is 5.91 Å². The maximum Gasteiger partial charge on any atom is 0.260 e. The molecule has 0 N–H and O–H groups in total. The Morgan fingerprint density at radius 3 is 2.38 bits per heavy atom. The molecule has 1 unspecified atom stereocenters. The summed E-state index contributed by atoms with van der Waals surface area (Å²) in [6, 6.07) is 17.5. The van der Waals surface area contributed by atoms with Crippen molar-refractivity contribution in [1.29, 1.82) is 0 Å². The molecule has 3 rings (SSSR count). The van der Waals surface area contributed by atoms with Crippen molar-refractivity contribution in [1.82, 2.24) is 4.90 Å². The number of hydrogen-bond donors (Lipinski definition) is 0. The molecule has 1 atom stereocenters. The van der Waals surface area contributed by atoms with Crippen LogP contribution in [0.4, 0.5) is 0 Å². The molecule has 1 aliphatic heterocycles. The predicted octanol–water partition coefficient (Wildman–Crippen LogP) is 3.51. The number of carbonyl (C=O) groups excluding carboxylic acids is 1. The molecule has 0 radical (unpaired) electrons. The zero-order valence-electron chi connectivity index (χ0n) is 14.0. The van der Waals surface area contributed by atoms with Crippen LogP contribution in [0.2, 0.25) is 0 Å². The van der Waals surface area contributed by atoms with Gasteiger partial charge in [0, 0.05) is 13.1 Å². The number of amides is 1. The van der Waals surface area contributed by atoms with Gasteiger partial charge in [0.05, 0.1) is 0 Å². The van der Waals surface area contributed by atoms with Gasteiger partial charge in [-0.15, -0.1) is 0 Å². The summed E-state index contributed by atoms with van der Waals surface area (Å²) < 4.78 is 11.6. The molecule has 0 spiro atoms. The van der Waals surface area contributed by atoms with Gasteiger partial charge in [-0.05, 0) is 30.0 Å². The number of rotatable bonds is 6. The number of likely N-dealkylation sites (tertiary alicyclic amines) is 1.